The minimum absolute atomic E-state index is 0.0531. The molecule has 42 heavy (non-hydrogen) atoms. The van der Waals surface area contributed by atoms with Crippen LogP contribution in [0.1, 0.15) is 51.8 Å². The van der Waals surface area contributed by atoms with Gasteiger partial charge in [-0.3, -0.25) is 19.3 Å². The number of benzene rings is 2. The van der Waals surface area contributed by atoms with E-state index in [9.17, 15) is 28.0 Å². The summed E-state index contributed by atoms with van der Waals surface area (Å²) in [6, 6.07) is 4.21. The molecular weight excluding hydrogens is 552 g/mol. The Morgan fingerprint density at radius 3 is 2.29 bits per heavy atom. The monoisotopic (exact) mass is 589 g/mol. The van der Waals surface area contributed by atoms with E-state index in [1.807, 2.05) is 0 Å². The molecule has 1 heterocycles. The van der Waals surface area contributed by atoms with Gasteiger partial charge in [0.1, 0.15) is 41.0 Å². The highest BCUT2D eigenvalue weighted by Crippen LogP contribution is 2.37. The molecule has 2 aromatic rings. The van der Waals surface area contributed by atoms with Crippen molar-refractivity contribution in [3.05, 3.63) is 59.2 Å². The fourth-order valence-electron chi connectivity index (χ4n) is 4.39. The van der Waals surface area contributed by atoms with Crippen LogP contribution in [0.5, 0.6) is 0 Å². The Bertz CT molecular complexity index is 1340. The number of para-hydroxylation sites is 1. The molecule has 0 radical (unpaired) electrons. The zero-order chi connectivity index (χ0) is 31.5. The molecule has 0 saturated heterocycles. The Labute approximate surface area is 243 Å². The lowest BCUT2D eigenvalue weighted by molar-refractivity contribution is -0.145. The molecular formula is C29H37F2N5O6. The molecule has 0 saturated carbocycles. The van der Waals surface area contributed by atoms with E-state index in [4.69, 9.17) is 15.2 Å². The second-order valence-corrected chi connectivity index (χ2v) is 11.1. The number of nitrogens with one attached hydrogen (secondary N) is 2. The van der Waals surface area contributed by atoms with Gasteiger partial charge >= 0.3 is 6.09 Å². The van der Waals surface area contributed by atoms with E-state index in [1.165, 1.54) is 32.0 Å². The number of nitrogens with zero attached hydrogens (tertiary/aromatic N) is 2. The van der Waals surface area contributed by atoms with Gasteiger partial charge in [0.15, 0.2) is 0 Å². The normalized spacial score (nSPS) is 16.6. The Hall–Kier alpha value is -4.26. The summed E-state index contributed by atoms with van der Waals surface area (Å²) in [7, 11) is 2.73. The van der Waals surface area contributed by atoms with Crippen LogP contribution in [0.25, 0.3) is 0 Å². The molecule has 4 amide bonds. The van der Waals surface area contributed by atoms with E-state index in [0.29, 0.717) is 16.8 Å². The second-order valence-electron chi connectivity index (χ2n) is 11.1. The molecule has 4 N–H and O–H groups in total. The van der Waals surface area contributed by atoms with Crippen molar-refractivity contribution in [1.29, 1.82) is 0 Å². The lowest BCUT2D eigenvalue weighted by Gasteiger charge is -2.33. The van der Waals surface area contributed by atoms with Gasteiger partial charge in [0.25, 0.3) is 5.91 Å². The van der Waals surface area contributed by atoms with Crippen molar-refractivity contribution in [1.82, 2.24) is 15.1 Å². The van der Waals surface area contributed by atoms with E-state index in [0.717, 1.165) is 23.1 Å². The summed E-state index contributed by atoms with van der Waals surface area (Å²) < 4.78 is 39.4. The van der Waals surface area contributed by atoms with Crippen molar-refractivity contribution in [2.45, 2.75) is 71.0 Å². The third-order valence-electron chi connectivity index (χ3n) is 6.91. The highest BCUT2D eigenvalue weighted by atomic mass is 19.1. The van der Waals surface area contributed by atoms with Crippen molar-refractivity contribution in [2.24, 2.45) is 0 Å². The first-order chi connectivity index (χ1) is 19.5. The maximum absolute atomic E-state index is 14.4. The third-order valence-corrected chi connectivity index (χ3v) is 6.91. The predicted octanol–water partition coefficient (Wildman–Crippen LogP) is 3.34. The van der Waals surface area contributed by atoms with Gasteiger partial charge in [0.05, 0.1) is 6.10 Å². The lowest BCUT2D eigenvalue weighted by atomic mass is 10.0. The number of carbonyl (C=O) groups is 4. The standard InChI is InChI=1S/C29H37F2N5O6/c1-15(35(6)28(40)42-29(3,4)5)25(37)33-22(16(2)41-7)27(39)36-14-17-11-12-18(32)13-19(17)24(36)26(38)34-23-20(30)9-8-10-21(23)31/h8-13,15-16,22,24H,14,32H2,1-7H3,(H,33,37)(H,34,38)/t15-,16+,22-,24-/m0/s1. The van der Waals surface area contributed by atoms with Crippen molar-refractivity contribution >= 4 is 35.2 Å². The third kappa shape index (κ3) is 7.14. The summed E-state index contributed by atoms with van der Waals surface area (Å²) in [6.45, 7) is 8.03. The zero-order valence-electron chi connectivity index (χ0n) is 24.7. The van der Waals surface area contributed by atoms with Crippen molar-refractivity contribution in [2.75, 3.05) is 25.2 Å². The number of methoxy groups -OCH3 is 1. The van der Waals surface area contributed by atoms with E-state index < -0.39 is 71.0 Å². The second kappa shape index (κ2) is 12.7. The fourth-order valence-corrected chi connectivity index (χ4v) is 4.39. The summed E-state index contributed by atoms with van der Waals surface area (Å²) in [5.74, 6) is -4.25. The van der Waals surface area contributed by atoms with Gasteiger partial charge in [-0.25, -0.2) is 13.6 Å². The average molecular weight is 590 g/mol. The summed E-state index contributed by atoms with van der Waals surface area (Å²) in [6.07, 6.45) is -1.61. The smallest absolute Gasteiger partial charge is 0.410 e. The fraction of sp³-hybridized carbons (Fsp3) is 0.448. The Kier molecular flexibility index (Phi) is 9.77. The molecule has 0 aliphatic carbocycles. The highest BCUT2D eigenvalue weighted by Gasteiger charge is 2.43. The number of carbonyl (C=O) groups excluding carboxylic acids is 4. The van der Waals surface area contributed by atoms with Crippen LogP contribution in [0, 0.1) is 11.6 Å². The van der Waals surface area contributed by atoms with Gasteiger partial charge in [0.2, 0.25) is 11.8 Å². The van der Waals surface area contributed by atoms with Gasteiger partial charge in [-0.1, -0.05) is 12.1 Å². The maximum Gasteiger partial charge on any atom is 0.410 e. The SMILES string of the molecule is CO[C@H](C)[C@H](NC(=O)[C@H](C)N(C)C(=O)OC(C)(C)C)C(=O)N1Cc2ccc(N)cc2[C@H]1C(=O)Nc1c(F)cccc1F. The largest absolute Gasteiger partial charge is 0.444 e. The molecule has 11 nitrogen and oxygen atoms in total. The topological polar surface area (TPSA) is 143 Å². The molecule has 228 valence electrons. The van der Waals surface area contributed by atoms with E-state index in [1.54, 1.807) is 39.8 Å². The van der Waals surface area contributed by atoms with Crippen LogP contribution in [-0.2, 0) is 30.4 Å². The Morgan fingerprint density at radius 2 is 1.71 bits per heavy atom. The number of fused-ring (bicyclic) bond motifs is 1. The van der Waals surface area contributed by atoms with Crippen LogP contribution in [-0.4, -0.2) is 71.6 Å². The quantitative estimate of drug-likeness (QED) is 0.401. The number of nitrogen functional groups attached to an aromatic ring is 1. The highest BCUT2D eigenvalue weighted by molar-refractivity contribution is 6.00. The number of nitrogens with two attached hydrogens (primary N) is 1. The number of likely N-dealkylation sites (N-methyl/N-ethyl adjacent to an activating group) is 1. The van der Waals surface area contributed by atoms with E-state index in [2.05, 4.69) is 10.6 Å². The van der Waals surface area contributed by atoms with Crippen LogP contribution >= 0.6 is 0 Å². The van der Waals surface area contributed by atoms with Crippen molar-refractivity contribution in [3.8, 4) is 0 Å². The number of anilines is 2. The number of amides is 4. The zero-order valence-corrected chi connectivity index (χ0v) is 24.7. The molecule has 3 rings (SSSR count). The molecule has 4 atom stereocenters. The Morgan fingerprint density at radius 1 is 1.10 bits per heavy atom. The number of rotatable bonds is 8. The number of hydrogen-bond acceptors (Lipinski definition) is 7. The minimum Gasteiger partial charge on any atom is -0.444 e. The number of halogens is 2. The Balaban J connectivity index is 1.92. The molecule has 0 unspecified atom stereocenters. The van der Waals surface area contributed by atoms with Crippen LogP contribution in [0.2, 0.25) is 0 Å². The summed E-state index contributed by atoms with van der Waals surface area (Å²) in [4.78, 5) is 55.6. The summed E-state index contributed by atoms with van der Waals surface area (Å²) in [5, 5.41) is 4.88. The minimum atomic E-state index is -1.33. The van der Waals surface area contributed by atoms with Gasteiger partial charge in [0, 0.05) is 26.4 Å². The first-order valence-electron chi connectivity index (χ1n) is 13.3. The van der Waals surface area contributed by atoms with Crippen LogP contribution in [0.4, 0.5) is 25.0 Å². The molecule has 0 spiro atoms. The van der Waals surface area contributed by atoms with Crippen LogP contribution in [0.3, 0.4) is 0 Å². The lowest BCUT2D eigenvalue weighted by Crippen LogP contribution is -2.58. The van der Waals surface area contributed by atoms with Crippen molar-refractivity contribution in [3.63, 3.8) is 0 Å². The molecule has 0 aromatic heterocycles. The molecule has 0 fully saturated rings. The number of hydrogen-bond donors (Lipinski definition) is 3. The van der Waals surface area contributed by atoms with Gasteiger partial charge in [-0.05, 0) is 70.0 Å². The van der Waals surface area contributed by atoms with E-state index in [-0.39, 0.29) is 6.54 Å². The number of ether oxygens (including phenoxy) is 2. The summed E-state index contributed by atoms with van der Waals surface area (Å²) in [5.41, 5.74) is 5.77. The summed E-state index contributed by atoms with van der Waals surface area (Å²) >= 11 is 0. The molecule has 2 aromatic carbocycles. The van der Waals surface area contributed by atoms with Crippen LogP contribution in [0.15, 0.2) is 36.4 Å². The van der Waals surface area contributed by atoms with Crippen LogP contribution < -0.4 is 16.4 Å². The molecule has 13 heteroatoms. The molecule has 1 aliphatic heterocycles. The first-order valence-corrected chi connectivity index (χ1v) is 13.3. The first kappa shape index (κ1) is 32.3. The van der Waals surface area contributed by atoms with Gasteiger partial charge < -0.3 is 30.7 Å². The average Bonchev–Trinajstić information content (AvgIpc) is 3.29. The van der Waals surface area contributed by atoms with E-state index >= 15 is 0 Å². The van der Waals surface area contributed by atoms with Crippen molar-refractivity contribution < 1.29 is 37.4 Å². The van der Waals surface area contributed by atoms with Gasteiger partial charge in [-0.15, -0.1) is 0 Å². The molecule has 0 bridgehead atoms. The molecule has 1 aliphatic rings. The maximum atomic E-state index is 14.4. The van der Waals surface area contributed by atoms with Gasteiger partial charge in [-0.2, -0.15) is 0 Å². The predicted molar refractivity (Wildman–Crippen MR) is 151 cm³/mol.